The van der Waals surface area contributed by atoms with Crippen molar-refractivity contribution in [3.05, 3.63) is 69.6 Å². The van der Waals surface area contributed by atoms with Crippen molar-refractivity contribution in [2.45, 2.75) is 12.3 Å². The number of aromatic amines is 1. The van der Waals surface area contributed by atoms with Crippen LogP contribution in [-0.4, -0.2) is 11.5 Å². The largest absolute Gasteiger partial charge is 0.361 e. The molecule has 0 aliphatic carbocycles. The predicted molar refractivity (Wildman–Crippen MR) is 90.2 cm³/mol. The minimum atomic E-state index is -0.302. The standard InChI is InChI=1S/C17H15Cl2FN2/c18-11-4-5-17-12(7-11)14(9-22-17)10(8-21)6-13-15(19)2-1-3-16(13)20/h1-5,7,9-10,22H,6,8,21H2. The van der Waals surface area contributed by atoms with Crippen LogP contribution in [0.25, 0.3) is 10.9 Å². The van der Waals surface area contributed by atoms with Gasteiger partial charge in [0.2, 0.25) is 0 Å². The van der Waals surface area contributed by atoms with Gasteiger partial charge in [0.05, 0.1) is 0 Å². The van der Waals surface area contributed by atoms with Crippen molar-refractivity contribution >= 4 is 34.1 Å². The van der Waals surface area contributed by atoms with Gasteiger partial charge in [-0.25, -0.2) is 4.39 Å². The van der Waals surface area contributed by atoms with Crippen LogP contribution in [0.4, 0.5) is 4.39 Å². The van der Waals surface area contributed by atoms with Gasteiger partial charge in [-0.05, 0) is 48.9 Å². The molecule has 1 heterocycles. The lowest BCUT2D eigenvalue weighted by Gasteiger charge is -2.16. The maximum absolute atomic E-state index is 14.0. The van der Waals surface area contributed by atoms with Crippen molar-refractivity contribution in [2.75, 3.05) is 6.54 Å². The molecule has 0 aliphatic rings. The predicted octanol–water partition coefficient (Wildman–Crippen LogP) is 4.90. The van der Waals surface area contributed by atoms with Gasteiger partial charge in [0.25, 0.3) is 0 Å². The number of halogens is 3. The first kappa shape index (κ1) is 15.3. The quantitative estimate of drug-likeness (QED) is 0.699. The fraction of sp³-hybridized carbons (Fsp3) is 0.176. The third-order valence-electron chi connectivity index (χ3n) is 3.91. The molecule has 1 aromatic heterocycles. The summed E-state index contributed by atoms with van der Waals surface area (Å²) >= 11 is 12.2. The first-order valence-electron chi connectivity index (χ1n) is 6.99. The molecule has 0 aliphatic heterocycles. The van der Waals surface area contributed by atoms with Crippen LogP contribution in [0.2, 0.25) is 10.0 Å². The van der Waals surface area contributed by atoms with Gasteiger partial charge in [-0.3, -0.25) is 0 Å². The summed E-state index contributed by atoms with van der Waals surface area (Å²) in [5.74, 6) is -0.342. The number of H-pyrrole nitrogens is 1. The average Bonchev–Trinajstić information content (AvgIpc) is 2.90. The van der Waals surface area contributed by atoms with E-state index in [1.807, 2.05) is 24.4 Å². The highest BCUT2D eigenvalue weighted by molar-refractivity contribution is 6.31. The average molecular weight is 337 g/mol. The molecule has 0 fully saturated rings. The zero-order chi connectivity index (χ0) is 15.7. The van der Waals surface area contributed by atoms with Crippen molar-refractivity contribution < 1.29 is 4.39 Å². The number of hydrogen-bond acceptors (Lipinski definition) is 1. The van der Waals surface area contributed by atoms with Crippen molar-refractivity contribution in [1.29, 1.82) is 0 Å². The zero-order valence-electron chi connectivity index (χ0n) is 11.7. The molecule has 0 saturated heterocycles. The smallest absolute Gasteiger partial charge is 0.127 e. The minimum absolute atomic E-state index is 0.0402. The molecule has 3 rings (SSSR count). The fourth-order valence-electron chi connectivity index (χ4n) is 2.75. The highest BCUT2D eigenvalue weighted by atomic mass is 35.5. The van der Waals surface area contributed by atoms with Crippen molar-refractivity contribution in [3.8, 4) is 0 Å². The van der Waals surface area contributed by atoms with E-state index in [4.69, 9.17) is 28.9 Å². The first-order chi connectivity index (χ1) is 10.6. The van der Waals surface area contributed by atoms with Gasteiger partial charge in [-0.2, -0.15) is 0 Å². The third kappa shape index (κ3) is 2.84. The van der Waals surface area contributed by atoms with Gasteiger partial charge in [0.1, 0.15) is 5.82 Å². The molecule has 3 aromatic rings. The van der Waals surface area contributed by atoms with Crippen LogP contribution in [0.3, 0.4) is 0 Å². The minimum Gasteiger partial charge on any atom is -0.361 e. The Hall–Kier alpha value is -1.55. The molecule has 3 N–H and O–H groups in total. The van der Waals surface area contributed by atoms with E-state index in [-0.39, 0.29) is 11.7 Å². The first-order valence-corrected chi connectivity index (χ1v) is 7.75. The summed E-state index contributed by atoms with van der Waals surface area (Å²) in [4.78, 5) is 3.20. The fourth-order valence-corrected chi connectivity index (χ4v) is 3.16. The topological polar surface area (TPSA) is 41.8 Å². The molecule has 0 amide bonds. The van der Waals surface area contributed by atoms with Crippen LogP contribution in [0.15, 0.2) is 42.6 Å². The second kappa shape index (κ2) is 6.29. The Morgan fingerprint density at radius 3 is 2.73 bits per heavy atom. The SMILES string of the molecule is NCC(Cc1c(F)cccc1Cl)c1c[nH]c2ccc(Cl)cc12. The second-order valence-corrected chi connectivity index (χ2v) is 6.11. The van der Waals surface area contributed by atoms with Crippen molar-refractivity contribution in [3.63, 3.8) is 0 Å². The maximum atomic E-state index is 14.0. The summed E-state index contributed by atoms with van der Waals surface area (Å²) in [5.41, 5.74) is 8.44. The number of fused-ring (bicyclic) bond motifs is 1. The molecule has 0 radical (unpaired) electrons. The number of nitrogens with one attached hydrogen (secondary N) is 1. The lowest BCUT2D eigenvalue weighted by atomic mass is 9.91. The van der Waals surface area contributed by atoms with Crippen LogP contribution in [0.1, 0.15) is 17.0 Å². The Morgan fingerprint density at radius 1 is 1.18 bits per heavy atom. The molecular formula is C17H15Cl2FN2. The molecule has 0 spiro atoms. The van der Waals surface area contributed by atoms with E-state index >= 15 is 0 Å². The van der Waals surface area contributed by atoms with Gasteiger partial charge in [0, 0.05) is 38.6 Å². The molecule has 114 valence electrons. The van der Waals surface area contributed by atoms with Crippen molar-refractivity contribution in [1.82, 2.24) is 4.98 Å². The van der Waals surface area contributed by atoms with Crippen LogP contribution in [0.5, 0.6) is 0 Å². The Kier molecular flexibility index (Phi) is 4.39. The monoisotopic (exact) mass is 336 g/mol. The highest BCUT2D eigenvalue weighted by Crippen LogP contribution is 2.32. The van der Waals surface area contributed by atoms with Gasteiger partial charge in [-0.1, -0.05) is 29.3 Å². The number of nitrogens with two attached hydrogens (primary N) is 1. The summed E-state index contributed by atoms with van der Waals surface area (Å²) in [6, 6.07) is 10.4. The van der Waals surface area contributed by atoms with E-state index in [9.17, 15) is 4.39 Å². The van der Waals surface area contributed by atoms with E-state index in [0.29, 0.717) is 28.6 Å². The van der Waals surface area contributed by atoms with Crippen LogP contribution in [0, 0.1) is 5.82 Å². The number of benzene rings is 2. The lowest BCUT2D eigenvalue weighted by molar-refractivity contribution is 0.591. The van der Waals surface area contributed by atoms with Crippen molar-refractivity contribution in [2.24, 2.45) is 5.73 Å². The molecule has 1 atom stereocenters. The Labute approximate surface area is 138 Å². The van der Waals surface area contributed by atoms with E-state index in [1.54, 1.807) is 12.1 Å². The van der Waals surface area contributed by atoms with Gasteiger partial charge < -0.3 is 10.7 Å². The maximum Gasteiger partial charge on any atom is 0.127 e. The molecule has 2 aromatic carbocycles. The van der Waals surface area contributed by atoms with E-state index in [2.05, 4.69) is 4.98 Å². The molecule has 0 saturated carbocycles. The zero-order valence-corrected chi connectivity index (χ0v) is 13.3. The van der Waals surface area contributed by atoms with E-state index in [0.717, 1.165) is 16.5 Å². The second-order valence-electron chi connectivity index (χ2n) is 5.27. The molecule has 2 nitrogen and oxygen atoms in total. The molecule has 5 heteroatoms. The molecule has 0 bridgehead atoms. The number of hydrogen-bond donors (Lipinski definition) is 2. The normalized spacial score (nSPS) is 12.7. The van der Waals surface area contributed by atoms with E-state index < -0.39 is 0 Å². The highest BCUT2D eigenvalue weighted by Gasteiger charge is 2.19. The summed E-state index contributed by atoms with van der Waals surface area (Å²) in [6.45, 7) is 0.393. The molecule has 1 unspecified atom stereocenters. The van der Waals surface area contributed by atoms with Gasteiger partial charge in [0.15, 0.2) is 0 Å². The summed E-state index contributed by atoms with van der Waals surface area (Å²) in [7, 11) is 0. The number of aromatic nitrogens is 1. The van der Waals surface area contributed by atoms with Gasteiger partial charge in [-0.15, -0.1) is 0 Å². The summed E-state index contributed by atoms with van der Waals surface area (Å²) in [6.07, 6.45) is 2.36. The van der Waals surface area contributed by atoms with E-state index in [1.165, 1.54) is 6.07 Å². The molecular weight excluding hydrogens is 322 g/mol. The Bertz CT molecular complexity index is 793. The summed E-state index contributed by atoms with van der Waals surface area (Å²) < 4.78 is 14.0. The number of rotatable bonds is 4. The Morgan fingerprint density at radius 2 is 2.00 bits per heavy atom. The van der Waals surface area contributed by atoms with Gasteiger partial charge >= 0.3 is 0 Å². The third-order valence-corrected chi connectivity index (χ3v) is 4.50. The Balaban J connectivity index is 2.01. The lowest BCUT2D eigenvalue weighted by Crippen LogP contribution is -2.15. The molecule has 22 heavy (non-hydrogen) atoms. The summed E-state index contributed by atoms with van der Waals surface area (Å²) in [5, 5.41) is 2.10. The van der Waals surface area contributed by atoms with Crippen LogP contribution < -0.4 is 5.73 Å². The van der Waals surface area contributed by atoms with Crippen LogP contribution >= 0.6 is 23.2 Å². The van der Waals surface area contributed by atoms with Crippen LogP contribution in [-0.2, 0) is 6.42 Å².